The fourth-order valence-corrected chi connectivity index (χ4v) is 5.93. The summed E-state index contributed by atoms with van der Waals surface area (Å²) < 4.78 is 5.95. The average Bonchev–Trinajstić information content (AvgIpc) is 3.43. The van der Waals surface area contributed by atoms with Crippen molar-refractivity contribution in [1.82, 2.24) is 20.0 Å². The minimum atomic E-state index is -0.110. The molecule has 3 heterocycles. The zero-order chi connectivity index (χ0) is 26.2. The molecule has 6 nitrogen and oxygen atoms in total. The lowest BCUT2D eigenvalue weighted by Crippen LogP contribution is -2.47. The van der Waals surface area contributed by atoms with E-state index in [0.29, 0.717) is 18.3 Å². The van der Waals surface area contributed by atoms with E-state index in [-0.39, 0.29) is 11.9 Å². The Morgan fingerprint density at radius 2 is 1.58 bits per heavy atom. The quantitative estimate of drug-likeness (QED) is 0.378. The highest BCUT2D eigenvalue weighted by Gasteiger charge is 2.27. The molecular formula is C32H42N4O2. The number of hydrogen-bond acceptors (Lipinski definition) is 5. The maximum atomic E-state index is 12.6. The summed E-state index contributed by atoms with van der Waals surface area (Å²) in [5.41, 5.74) is 2.67. The molecule has 0 spiro atoms. The summed E-state index contributed by atoms with van der Waals surface area (Å²) >= 11 is 0. The number of carbonyl (C=O) groups is 1. The van der Waals surface area contributed by atoms with Gasteiger partial charge < -0.3 is 14.6 Å². The van der Waals surface area contributed by atoms with Gasteiger partial charge in [0.25, 0.3) is 5.91 Å². The fourth-order valence-electron chi connectivity index (χ4n) is 5.93. The maximum absolute atomic E-state index is 12.6. The van der Waals surface area contributed by atoms with E-state index >= 15 is 0 Å². The molecule has 0 radical (unpaired) electrons. The Labute approximate surface area is 227 Å². The van der Waals surface area contributed by atoms with Crippen molar-refractivity contribution in [3.05, 3.63) is 95.4 Å². The zero-order valence-corrected chi connectivity index (χ0v) is 22.7. The van der Waals surface area contributed by atoms with Crippen molar-refractivity contribution >= 4 is 5.91 Å². The zero-order valence-electron chi connectivity index (χ0n) is 22.7. The molecule has 0 bridgehead atoms. The topological polar surface area (TPSA) is 52.0 Å². The average molecular weight is 515 g/mol. The molecule has 1 aromatic heterocycles. The summed E-state index contributed by atoms with van der Waals surface area (Å²) in [6.45, 7) is 9.86. The molecule has 1 unspecified atom stereocenters. The highest BCUT2D eigenvalue weighted by atomic mass is 16.4. The van der Waals surface area contributed by atoms with Gasteiger partial charge >= 0.3 is 0 Å². The smallest absolute Gasteiger partial charge is 0.286 e. The molecule has 5 rings (SSSR count). The molecule has 1 amide bonds. The Morgan fingerprint density at radius 3 is 2.24 bits per heavy atom. The van der Waals surface area contributed by atoms with Gasteiger partial charge in [-0.25, -0.2) is 0 Å². The third-order valence-corrected chi connectivity index (χ3v) is 8.12. The van der Waals surface area contributed by atoms with Crippen molar-refractivity contribution in [1.29, 1.82) is 0 Å². The first-order chi connectivity index (χ1) is 18.7. The SMILES string of the molecule is CC1CCCCN1CCCNC(=O)c1ccc(CN2CCN(C(c3ccccc3)c3ccccc3)CC2)o1. The van der Waals surface area contributed by atoms with Crippen molar-refractivity contribution in [2.75, 3.05) is 45.8 Å². The fraction of sp³-hybridized carbons (Fsp3) is 0.469. The number of nitrogens with zero attached hydrogens (tertiary/aromatic N) is 3. The number of piperazine rings is 1. The highest BCUT2D eigenvalue weighted by molar-refractivity contribution is 5.91. The van der Waals surface area contributed by atoms with Crippen LogP contribution in [-0.2, 0) is 6.54 Å². The van der Waals surface area contributed by atoms with E-state index in [2.05, 4.69) is 87.6 Å². The van der Waals surface area contributed by atoms with E-state index in [9.17, 15) is 4.79 Å². The van der Waals surface area contributed by atoms with E-state index in [1.807, 2.05) is 12.1 Å². The summed E-state index contributed by atoms with van der Waals surface area (Å²) in [6, 6.07) is 26.3. The van der Waals surface area contributed by atoms with Crippen LogP contribution in [-0.4, -0.2) is 72.5 Å². The number of nitrogens with one attached hydrogen (secondary N) is 1. The first kappa shape index (κ1) is 26.7. The molecule has 2 fully saturated rings. The second kappa shape index (κ2) is 13.2. The predicted molar refractivity (Wildman–Crippen MR) is 152 cm³/mol. The van der Waals surface area contributed by atoms with Gasteiger partial charge in [-0.3, -0.25) is 14.6 Å². The van der Waals surface area contributed by atoms with Gasteiger partial charge in [-0.2, -0.15) is 0 Å². The molecular weight excluding hydrogens is 472 g/mol. The van der Waals surface area contributed by atoms with Crippen LogP contribution in [0.3, 0.4) is 0 Å². The number of furan rings is 1. The lowest BCUT2D eigenvalue weighted by Gasteiger charge is -2.39. The van der Waals surface area contributed by atoms with Crippen molar-refractivity contribution in [2.24, 2.45) is 0 Å². The van der Waals surface area contributed by atoms with Gasteiger partial charge in [0.2, 0.25) is 0 Å². The second-order valence-corrected chi connectivity index (χ2v) is 10.8. The summed E-state index contributed by atoms with van der Waals surface area (Å²) in [7, 11) is 0. The number of amides is 1. The number of benzene rings is 2. The molecule has 1 N–H and O–H groups in total. The van der Waals surface area contributed by atoms with Gasteiger partial charge in [0.15, 0.2) is 5.76 Å². The van der Waals surface area contributed by atoms with Crippen LogP contribution in [0.2, 0.25) is 0 Å². The molecule has 2 aliphatic heterocycles. The molecule has 6 heteroatoms. The number of rotatable bonds is 10. The Balaban J connectivity index is 1.09. The summed E-state index contributed by atoms with van der Waals surface area (Å²) in [6.07, 6.45) is 4.90. The lowest BCUT2D eigenvalue weighted by atomic mass is 9.96. The number of likely N-dealkylation sites (tertiary alicyclic amines) is 1. The van der Waals surface area contributed by atoms with E-state index in [1.54, 1.807) is 0 Å². The molecule has 3 aromatic rings. The van der Waals surface area contributed by atoms with Crippen LogP contribution < -0.4 is 5.32 Å². The van der Waals surface area contributed by atoms with Crippen LogP contribution in [0.4, 0.5) is 0 Å². The van der Waals surface area contributed by atoms with Crippen LogP contribution >= 0.6 is 0 Å². The Morgan fingerprint density at radius 1 is 0.895 bits per heavy atom. The van der Waals surface area contributed by atoms with Gasteiger partial charge in [0.05, 0.1) is 12.6 Å². The van der Waals surface area contributed by atoms with Crippen LogP contribution in [0.1, 0.15) is 66.1 Å². The van der Waals surface area contributed by atoms with Crippen LogP contribution in [0, 0.1) is 0 Å². The van der Waals surface area contributed by atoms with Crippen molar-refractivity contribution in [3.63, 3.8) is 0 Å². The van der Waals surface area contributed by atoms with E-state index < -0.39 is 0 Å². The molecule has 1 atom stereocenters. The van der Waals surface area contributed by atoms with E-state index in [1.165, 1.54) is 36.9 Å². The molecule has 2 saturated heterocycles. The van der Waals surface area contributed by atoms with Crippen molar-refractivity contribution < 1.29 is 9.21 Å². The Hall–Kier alpha value is -2.93. The number of carbonyl (C=O) groups excluding carboxylic acids is 1. The monoisotopic (exact) mass is 514 g/mol. The van der Waals surface area contributed by atoms with Gasteiger partial charge in [-0.1, -0.05) is 67.1 Å². The summed E-state index contributed by atoms with van der Waals surface area (Å²) in [4.78, 5) is 20.2. The lowest BCUT2D eigenvalue weighted by molar-refractivity contribution is 0.0899. The summed E-state index contributed by atoms with van der Waals surface area (Å²) in [5.74, 6) is 1.16. The van der Waals surface area contributed by atoms with Gasteiger partial charge in [0, 0.05) is 45.3 Å². The second-order valence-electron chi connectivity index (χ2n) is 10.8. The third kappa shape index (κ3) is 6.93. The molecule has 0 saturated carbocycles. The molecule has 38 heavy (non-hydrogen) atoms. The summed E-state index contributed by atoms with van der Waals surface area (Å²) in [5, 5.41) is 3.04. The van der Waals surface area contributed by atoms with Crippen LogP contribution in [0.15, 0.2) is 77.2 Å². The van der Waals surface area contributed by atoms with Gasteiger partial charge in [0.1, 0.15) is 5.76 Å². The third-order valence-electron chi connectivity index (χ3n) is 8.12. The van der Waals surface area contributed by atoms with Crippen LogP contribution in [0.25, 0.3) is 0 Å². The largest absolute Gasteiger partial charge is 0.455 e. The molecule has 0 aliphatic carbocycles. The van der Waals surface area contributed by atoms with E-state index in [0.717, 1.165) is 51.4 Å². The Bertz CT molecular complexity index is 1090. The van der Waals surface area contributed by atoms with E-state index in [4.69, 9.17) is 4.42 Å². The minimum absolute atomic E-state index is 0.110. The number of piperidine rings is 1. The first-order valence-electron chi connectivity index (χ1n) is 14.3. The van der Waals surface area contributed by atoms with Crippen molar-refractivity contribution in [2.45, 2.75) is 51.2 Å². The highest BCUT2D eigenvalue weighted by Crippen LogP contribution is 2.29. The predicted octanol–water partition coefficient (Wildman–Crippen LogP) is 5.18. The van der Waals surface area contributed by atoms with Gasteiger partial charge in [-0.05, 0) is 56.0 Å². The number of hydrogen-bond donors (Lipinski definition) is 1. The maximum Gasteiger partial charge on any atom is 0.286 e. The standard InChI is InChI=1S/C32H42N4O2/c1-26-11-8-9-19-35(26)20-10-18-33-32(37)30-17-16-29(38-30)25-34-21-23-36(24-22-34)31(27-12-4-2-5-13-27)28-14-6-3-7-15-28/h2-7,12-17,26,31H,8-11,18-25H2,1H3,(H,33,37). The molecule has 2 aliphatic rings. The van der Waals surface area contributed by atoms with Crippen LogP contribution in [0.5, 0.6) is 0 Å². The molecule has 2 aromatic carbocycles. The minimum Gasteiger partial charge on any atom is -0.455 e. The van der Waals surface area contributed by atoms with Crippen molar-refractivity contribution in [3.8, 4) is 0 Å². The van der Waals surface area contributed by atoms with Gasteiger partial charge in [-0.15, -0.1) is 0 Å². The molecule has 202 valence electrons. The normalized spacial score (nSPS) is 19.6. The Kier molecular flexibility index (Phi) is 9.28. The first-order valence-corrected chi connectivity index (χ1v) is 14.3.